The van der Waals surface area contributed by atoms with Crippen molar-refractivity contribution in [2.75, 3.05) is 13.2 Å². The molecule has 5 nitrogen and oxygen atoms in total. The highest BCUT2D eigenvalue weighted by Gasteiger charge is 2.09. The summed E-state index contributed by atoms with van der Waals surface area (Å²) in [6.45, 7) is 6.85. The molecule has 5 heteroatoms. The van der Waals surface area contributed by atoms with Gasteiger partial charge in [0.25, 0.3) is 0 Å². The van der Waals surface area contributed by atoms with Gasteiger partial charge in [-0.05, 0) is 49.8 Å². The summed E-state index contributed by atoms with van der Waals surface area (Å²) in [6.07, 6.45) is 2.08. The fourth-order valence-electron chi connectivity index (χ4n) is 2.18. The number of aliphatic carboxylic acids is 1. The van der Waals surface area contributed by atoms with Crippen molar-refractivity contribution in [2.45, 2.75) is 46.5 Å². The molecule has 0 spiro atoms. The van der Waals surface area contributed by atoms with Gasteiger partial charge in [0.1, 0.15) is 5.75 Å². The molecule has 0 saturated heterocycles. The van der Waals surface area contributed by atoms with Crippen molar-refractivity contribution >= 4 is 11.9 Å². The smallest absolute Gasteiger partial charge is 0.303 e. The number of hydrogen-bond acceptors (Lipinski definition) is 3. The van der Waals surface area contributed by atoms with Gasteiger partial charge in [-0.3, -0.25) is 9.59 Å². The zero-order valence-electron chi connectivity index (χ0n) is 14.2. The van der Waals surface area contributed by atoms with Crippen molar-refractivity contribution in [2.24, 2.45) is 5.92 Å². The van der Waals surface area contributed by atoms with Gasteiger partial charge in [-0.1, -0.05) is 19.1 Å². The number of rotatable bonds is 10. The van der Waals surface area contributed by atoms with Crippen molar-refractivity contribution < 1.29 is 19.4 Å². The van der Waals surface area contributed by atoms with Crippen LogP contribution in [0.1, 0.15) is 43.7 Å². The molecule has 0 aromatic heterocycles. The van der Waals surface area contributed by atoms with Crippen LogP contribution >= 0.6 is 0 Å². The Bertz CT molecular complexity index is 528. The van der Waals surface area contributed by atoms with E-state index in [1.807, 2.05) is 32.9 Å². The standard InChI is InChI=1S/C18H27NO4/c1-13-7-8-15(3)16(10-13)23-9-5-4-6-17(20)19-12-14(2)11-18(21)22/h7-8,10,14H,4-6,9,11-12H2,1-3H3,(H,19,20)(H,21,22). The predicted octanol–water partition coefficient (Wildman–Crippen LogP) is 3.08. The van der Waals surface area contributed by atoms with Gasteiger partial charge < -0.3 is 15.2 Å². The Morgan fingerprint density at radius 3 is 2.70 bits per heavy atom. The van der Waals surface area contributed by atoms with Gasteiger partial charge in [0.05, 0.1) is 6.61 Å². The van der Waals surface area contributed by atoms with E-state index in [9.17, 15) is 9.59 Å². The van der Waals surface area contributed by atoms with E-state index in [2.05, 4.69) is 11.4 Å². The summed E-state index contributed by atoms with van der Waals surface area (Å²) in [5.41, 5.74) is 2.28. The van der Waals surface area contributed by atoms with Crippen LogP contribution in [0.25, 0.3) is 0 Å². The number of nitrogens with one attached hydrogen (secondary N) is 1. The normalized spacial score (nSPS) is 11.8. The summed E-state index contributed by atoms with van der Waals surface area (Å²) in [5, 5.41) is 11.4. The van der Waals surface area contributed by atoms with Crippen LogP contribution < -0.4 is 10.1 Å². The molecule has 1 unspecified atom stereocenters. The summed E-state index contributed by atoms with van der Waals surface area (Å²) in [6, 6.07) is 6.11. The van der Waals surface area contributed by atoms with E-state index >= 15 is 0 Å². The van der Waals surface area contributed by atoms with Gasteiger partial charge in [-0.25, -0.2) is 0 Å². The molecule has 0 heterocycles. The third-order valence-corrected chi connectivity index (χ3v) is 3.57. The van der Waals surface area contributed by atoms with Gasteiger partial charge in [-0.15, -0.1) is 0 Å². The van der Waals surface area contributed by atoms with Crippen LogP contribution in [-0.4, -0.2) is 30.1 Å². The maximum absolute atomic E-state index is 11.7. The molecule has 1 rings (SSSR count). The molecule has 128 valence electrons. The van der Waals surface area contributed by atoms with E-state index in [4.69, 9.17) is 9.84 Å². The predicted molar refractivity (Wildman–Crippen MR) is 89.7 cm³/mol. The number of amides is 1. The van der Waals surface area contributed by atoms with Crippen LogP contribution in [0.2, 0.25) is 0 Å². The molecular formula is C18H27NO4. The molecule has 23 heavy (non-hydrogen) atoms. The van der Waals surface area contributed by atoms with Gasteiger partial charge in [0.2, 0.25) is 5.91 Å². The fourth-order valence-corrected chi connectivity index (χ4v) is 2.18. The zero-order valence-corrected chi connectivity index (χ0v) is 14.2. The van der Waals surface area contributed by atoms with Gasteiger partial charge in [0, 0.05) is 19.4 Å². The van der Waals surface area contributed by atoms with Crippen LogP contribution in [0.3, 0.4) is 0 Å². The molecule has 0 aliphatic carbocycles. The first kappa shape index (κ1) is 19.0. The van der Waals surface area contributed by atoms with Crippen LogP contribution in [0.5, 0.6) is 5.75 Å². The maximum Gasteiger partial charge on any atom is 0.303 e. The minimum atomic E-state index is -0.838. The summed E-state index contributed by atoms with van der Waals surface area (Å²) in [5.74, 6) is -0.0228. The second-order valence-electron chi connectivity index (χ2n) is 6.08. The minimum Gasteiger partial charge on any atom is -0.493 e. The van der Waals surface area contributed by atoms with E-state index in [0.717, 1.165) is 24.2 Å². The third-order valence-electron chi connectivity index (χ3n) is 3.57. The lowest BCUT2D eigenvalue weighted by molar-refractivity contribution is -0.138. The maximum atomic E-state index is 11.7. The summed E-state index contributed by atoms with van der Waals surface area (Å²) in [7, 11) is 0. The van der Waals surface area contributed by atoms with E-state index in [1.54, 1.807) is 0 Å². The number of unbranched alkanes of at least 4 members (excludes halogenated alkanes) is 1. The molecule has 1 aromatic rings. The van der Waals surface area contributed by atoms with Crippen LogP contribution in [-0.2, 0) is 9.59 Å². The number of carbonyl (C=O) groups excluding carboxylic acids is 1. The van der Waals surface area contributed by atoms with Gasteiger partial charge in [-0.2, -0.15) is 0 Å². The monoisotopic (exact) mass is 321 g/mol. The number of hydrogen-bond donors (Lipinski definition) is 2. The SMILES string of the molecule is Cc1ccc(C)c(OCCCCC(=O)NCC(C)CC(=O)O)c1. The lowest BCUT2D eigenvalue weighted by Gasteiger charge is -2.11. The average Bonchev–Trinajstić information content (AvgIpc) is 2.47. The lowest BCUT2D eigenvalue weighted by atomic mass is 10.1. The second kappa shape index (κ2) is 9.87. The van der Waals surface area contributed by atoms with Crippen molar-refractivity contribution in [1.82, 2.24) is 5.32 Å². The molecule has 0 bridgehead atoms. The highest BCUT2D eigenvalue weighted by atomic mass is 16.5. The summed E-state index contributed by atoms with van der Waals surface area (Å²) < 4.78 is 5.74. The van der Waals surface area contributed by atoms with Crippen LogP contribution in [0, 0.1) is 19.8 Å². The van der Waals surface area contributed by atoms with E-state index in [1.165, 1.54) is 5.56 Å². The number of aryl methyl sites for hydroxylation is 2. The molecule has 0 aliphatic rings. The Morgan fingerprint density at radius 2 is 2.00 bits per heavy atom. The molecule has 0 aliphatic heterocycles. The van der Waals surface area contributed by atoms with E-state index in [0.29, 0.717) is 19.6 Å². The zero-order chi connectivity index (χ0) is 17.2. The Morgan fingerprint density at radius 1 is 1.26 bits per heavy atom. The number of carboxylic acid groups (broad SMARTS) is 1. The number of ether oxygens (including phenoxy) is 1. The van der Waals surface area contributed by atoms with E-state index < -0.39 is 5.97 Å². The molecule has 2 N–H and O–H groups in total. The first-order valence-electron chi connectivity index (χ1n) is 8.07. The Hall–Kier alpha value is -2.04. The number of benzene rings is 1. The number of carbonyl (C=O) groups is 2. The summed E-state index contributed by atoms with van der Waals surface area (Å²) >= 11 is 0. The topological polar surface area (TPSA) is 75.6 Å². The largest absolute Gasteiger partial charge is 0.493 e. The van der Waals surface area contributed by atoms with Gasteiger partial charge in [0.15, 0.2) is 0 Å². The molecule has 1 amide bonds. The van der Waals surface area contributed by atoms with Crippen molar-refractivity contribution in [3.05, 3.63) is 29.3 Å². The molecular weight excluding hydrogens is 294 g/mol. The first-order valence-corrected chi connectivity index (χ1v) is 8.07. The molecule has 0 saturated carbocycles. The first-order chi connectivity index (χ1) is 10.9. The van der Waals surface area contributed by atoms with Crippen molar-refractivity contribution in [3.8, 4) is 5.75 Å². The van der Waals surface area contributed by atoms with Crippen molar-refractivity contribution in [3.63, 3.8) is 0 Å². The highest BCUT2D eigenvalue weighted by Crippen LogP contribution is 2.19. The van der Waals surface area contributed by atoms with E-state index in [-0.39, 0.29) is 18.2 Å². The Kier molecular flexibility index (Phi) is 8.16. The Balaban J connectivity index is 2.13. The molecule has 1 aromatic carbocycles. The third kappa shape index (κ3) is 8.24. The molecule has 0 fully saturated rings. The summed E-state index contributed by atoms with van der Waals surface area (Å²) in [4.78, 5) is 22.2. The average molecular weight is 321 g/mol. The fraction of sp³-hybridized carbons (Fsp3) is 0.556. The van der Waals surface area contributed by atoms with Crippen molar-refractivity contribution in [1.29, 1.82) is 0 Å². The van der Waals surface area contributed by atoms with Gasteiger partial charge >= 0.3 is 5.97 Å². The Labute approximate surface area is 138 Å². The quantitative estimate of drug-likeness (QED) is 0.649. The van der Waals surface area contributed by atoms with Crippen LogP contribution in [0.15, 0.2) is 18.2 Å². The molecule has 0 radical (unpaired) electrons. The van der Waals surface area contributed by atoms with Crippen LogP contribution in [0.4, 0.5) is 0 Å². The highest BCUT2D eigenvalue weighted by molar-refractivity contribution is 5.75. The minimum absolute atomic E-state index is 0.0334. The second-order valence-corrected chi connectivity index (χ2v) is 6.08. The lowest BCUT2D eigenvalue weighted by Crippen LogP contribution is -2.29. The molecule has 1 atom stereocenters. The number of carboxylic acids is 1.